The van der Waals surface area contributed by atoms with Gasteiger partial charge in [-0.15, -0.1) is 0 Å². The Kier molecular flexibility index (Phi) is 3.48. The molecule has 1 amide bonds. The summed E-state index contributed by atoms with van der Waals surface area (Å²) >= 11 is 0. The van der Waals surface area contributed by atoms with E-state index in [9.17, 15) is 4.79 Å². The van der Waals surface area contributed by atoms with Gasteiger partial charge in [-0.25, -0.2) is 0 Å². The second-order valence-corrected chi connectivity index (χ2v) is 4.95. The zero-order chi connectivity index (χ0) is 13.9. The fourth-order valence-electron chi connectivity index (χ4n) is 2.49. The van der Waals surface area contributed by atoms with Crippen LogP contribution in [0.2, 0.25) is 0 Å². The van der Waals surface area contributed by atoms with Crippen LogP contribution in [-0.4, -0.2) is 24.0 Å². The summed E-state index contributed by atoms with van der Waals surface area (Å²) in [5, 5.41) is 6.18. The number of rotatable bonds is 2. The Morgan fingerprint density at radius 2 is 2.00 bits per heavy atom. The number of pyridine rings is 1. The van der Waals surface area contributed by atoms with Crippen LogP contribution in [0.1, 0.15) is 17.3 Å². The van der Waals surface area contributed by atoms with Gasteiger partial charge in [0.15, 0.2) is 0 Å². The Labute approximate surface area is 118 Å². The van der Waals surface area contributed by atoms with Crippen LogP contribution in [0.5, 0.6) is 0 Å². The molecule has 0 aliphatic carbocycles. The van der Waals surface area contributed by atoms with Gasteiger partial charge < -0.3 is 10.6 Å². The molecule has 2 N–H and O–H groups in total. The Morgan fingerprint density at radius 3 is 2.75 bits per heavy atom. The van der Waals surface area contributed by atoms with Crippen molar-refractivity contribution >= 4 is 5.91 Å². The van der Waals surface area contributed by atoms with Crippen molar-refractivity contribution < 1.29 is 4.79 Å². The van der Waals surface area contributed by atoms with Gasteiger partial charge in [0.25, 0.3) is 0 Å². The lowest BCUT2D eigenvalue weighted by atomic mass is 9.94. The number of nitrogens with zero attached hydrogens (tertiary/aromatic N) is 1. The van der Waals surface area contributed by atoms with E-state index in [2.05, 4.69) is 15.6 Å². The molecule has 1 saturated heterocycles. The Balaban J connectivity index is 2.03. The van der Waals surface area contributed by atoms with Crippen molar-refractivity contribution in [2.45, 2.75) is 13.0 Å². The Hall–Kier alpha value is -2.20. The number of hydrogen-bond acceptors (Lipinski definition) is 3. The van der Waals surface area contributed by atoms with Crippen LogP contribution in [0.25, 0.3) is 11.1 Å². The second-order valence-electron chi connectivity index (χ2n) is 4.95. The Bertz CT molecular complexity index is 622. The maximum atomic E-state index is 12.0. The molecule has 0 radical (unpaired) electrons. The van der Waals surface area contributed by atoms with Crippen molar-refractivity contribution in [1.82, 2.24) is 15.6 Å². The van der Waals surface area contributed by atoms with Gasteiger partial charge >= 0.3 is 0 Å². The van der Waals surface area contributed by atoms with Crippen molar-refractivity contribution in [3.05, 3.63) is 53.9 Å². The van der Waals surface area contributed by atoms with Gasteiger partial charge in [0.1, 0.15) is 6.04 Å². The van der Waals surface area contributed by atoms with E-state index >= 15 is 0 Å². The van der Waals surface area contributed by atoms with Crippen molar-refractivity contribution in [3.63, 3.8) is 0 Å². The lowest BCUT2D eigenvalue weighted by molar-refractivity contribution is -0.124. The van der Waals surface area contributed by atoms with E-state index in [4.69, 9.17) is 0 Å². The lowest BCUT2D eigenvalue weighted by Gasteiger charge is -2.25. The van der Waals surface area contributed by atoms with Gasteiger partial charge in [-0.3, -0.25) is 9.78 Å². The number of aryl methyl sites for hydroxylation is 1. The van der Waals surface area contributed by atoms with Crippen molar-refractivity contribution in [2.75, 3.05) is 13.1 Å². The molecule has 4 nitrogen and oxygen atoms in total. The highest BCUT2D eigenvalue weighted by Gasteiger charge is 2.25. The first-order valence-electron chi connectivity index (χ1n) is 6.79. The van der Waals surface area contributed by atoms with Gasteiger partial charge in [-0.1, -0.05) is 30.3 Å². The molecular weight excluding hydrogens is 250 g/mol. The molecule has 4 heteroatoms. The number of aromatic nitrogens is 1. The summed E-state index contributed by atoms with van der Waals surface area (Å²) < 4.78 is 0. The fraction of sp³-hybridized carbons (Fsp3) is 0.250. The van der Waals surface area contributed by atoms with Crippen LogP contribution < -0.4 is 10.6 Å². The summed E-state index contributed by atoms with van der Waals surface area (Å²) in [5.41, 5.74) is 4.07. The second kappa shape index (κ2) is 5.43. The third kappa shape index (κ3) is 2.42. The molecule has 102 valence electrons. The maximum absolute atomic E-state index is 12.0. The molecule has 0 spiro atoms. The van der Waals surface area contributed by atoms with E-state index in [0.717, 1.165) is 28.9 Å². The smallest absolute Gasteiger partial charge is 0.241 e. The highest BCUT2D eigenvalue weighted by molar-refractivity contribution is 5.86. The first-order chi connectivity index (χ1) is 9.75. The topological polar surface area (TPSA) is 54.0 Å². The monoisotopic (exact) mass is 267 g/mol. The number of benzene rings is 1. The molecule has 1 aromatic heterocycles. The van der Waals surface area contributed by atoms with E-state index in [0.29, 0.717) is 6.54 Å². The van der Waals surface area contributed by atoms with E-state index in [1.807, 2.05) is 49.5 Å². The molecular formula is C16H17N3O. The number of carbonyl (C=O) groups excluding carboxylic acids is 1. The average Bonchev–Trinajstić information content (AvgIpc) is 2.49. The third-order valence-corrected chi connectivity index (χ3v) is 3.53. The van der Waals surface area contributed by atoms with Gasteiger partial charge in [-0.2, -0.15) is 0 Å². The summed E-state index contributed by atoms with van der Waals surface area (Å²) in [5.74, 6) is 0.0313. The number of hydrogen-bond donors (Lipinski definition) is 2. The van der Waals surface area contributed by atoms with E-state index in [1.165, 1.54) is 0 Å². The third-order valence-electron chi connectivity index (χ3n) is 3.53. The van der Waals surface area contributed by atoms with Crippen molar-refractivity contribution in [1.29, 1.82) is 0 Å². The summed E-state index contributed by atoms with van der Waals surface area (Å²) in [4.78, 5) is 16.4. The highest BCUT2D eigenvalue weighted by Crippen LogP contribution is 2.28. The summed E-state index contributed by atoms with van der Waals surface area (Å²) in [6, 6.07) is 11.7. The predicted molar refractivity (Wildman–Crippen MR) is 78.2 cm³/mol. The first-order valence-corrected chi connectivity index (χ1v) is 6.79. The average molecular weight is 267 g/mol. The molecule has 1 aromatic carbocycles. The summed E-state index contributed by atoms with van der Waals surface area (Å²) in [6.45, 7) is 3.44. The number of piperazine rings is 1. The molecule has 1 fully saturated rings. The molecule has 2 aromatic rings. The van der Waals surface area contributed by atoms with Crippen LogP contribution in [0.15, 0.2) is 42.6 Å². The zero-order valence-corrected chi connectivity index (χ0v) is 11.4. The first kappa shape index (κ1) is 12.8. The van der Waals surface area contributed by atoms with Crippen LogP contribution in [0.3, 0.4) is 0 Å². The van der Waals surface area contributed by atoms with Crippen LogP contribution in [0, 0.1) is 6.92 Å². The summed E-state index contributed by atoms with van der Waals surface area (Å²) in [7, 11) is 0. The standard InChI is InChI=1S/C16H17N3O/c1-11-6-7-12(10-19-11)13-4-2-3-5-14(13)15-16(20)18-9-8-17-15/h2-7,10,15,17H,8-9H2,1H3,(H,18,20). The van der Waals surface area contributed by atoms with Gasteiger partial charge in [0.2, 0.25) is 5.91 Å². The quantitative estimate of drug-likeness (QED) is 0.872. The number of nitrogens with one attached hydrogen (secondary N) is 2. The fourth-order valence-corrected chi connectivity index (χ4v) is 2.49. The molecule has 1 aliphatic rings. The maximum Gasteiger partial charge on any atom is 0.241 e. The largest absolute Gasteiger partial charge is 0.353 e. The minimum absolute atomic E-state index is 0.0313. The van der Waals surface area contributed by atoms with Crippen LogP contribution >= 0.6 is 0 Å². The molecule has 3 rings (SSSR count). The van der Waals surface area contributed by atoms with Gasteiger partial charge in [-0.05, 0) is 24.1 Å². The number of amides is 1. The zero-order valence-electron chi connectivity index (χ0n) is 11.4. The van der Waals surface area contributed by atoms with Crippen molar-refractivity contribution in [2.24, 2.45) is 0 Å². The predicted octanol–water partition coefficient (Wildman–Crippen LogP) is 1.82. The minimum Gasteiger partial charge on any atom is -0.353 e. The van der Waals surface area contributed by atoms with Crippen LogP contribution in [-0.2, 0) is 4.79 Å². The molecule has 1 unspecified atom stereocenters. The SMILES string of the molecule is Cc1ccc(-c2ccccc2C2NCCNC2=O)cn1. The lowest BCUT2D eigenvalue weighted by Crippen LogP contribution is -2.47. The molecule has 20 heavy (non-hydrogen) atoms. The number of carbonyl (C=O) groups is 1. The normalized spacial score (nSPS) is 18.6. The van der Waals surface area contributed by atoms with Crippen molar-refractivity contribution in [3.8, 4) is 11.1 Å². The van der Waals surface area contributed by atoms with Gasteiger partial charge in [0.05, 0.1) is 0 Å². The van der Waals surface area contributed by atoms with E-state index < -0.39 is 0 Å². The van der Waals surface area contributed by atoms with E-state index in [-0.39, 0.29) is 11.9 Å². The minimum atomic E-state index is -0.291. The molecule has 1 atom stereocenters. The molecule has 1 aliphatic heterocycles. The Morgan fingerprint density at radius 1 is 1.15 bits per heavy atom. The molecule has 0 saturated carbocycles. The van der Waals surface area contributed by atoms with E-state index in [1.54, 1.807) is 0 Å². The van der Waals surface area contributed by atoms with Gasteiger partial charge in [0, 0.05) is 30.5 Å². The van der Waals surface area contributed by atoms with Crippen LogP contribution in [0.4, 0.5) is 0 Å². The summed E-state index contributed by atoms with van der Waals surface area (Å²) in [6.07, 6.45) is 1.86. The molecule has 2 heterocycles. The highest BCUT2D eigenvalue weighted by atomic mass is 16.2. The molecule has 0 bridgehead atoms.